The molecular weight excluding hydrogens is 236 g/mol. The van der Waals surface area contributed by atoms with E-state index in [9.17, 15) is 0 Å². The van der Waals surface area contributed by atoms with Gasteiger partial charge in [-0.3, -0.25) is 0 Å². The van der Waals surface area contributed by atoms with Gasteiger partial charge in [0.2, 0.25) is 0 Å². The van der Waals surface area contributed by atoms with Crippen molar-refractivity contribution in [3.8, 4) is 5.69 Å². The first-order chi connectivity index (χ1) is 9.17. The highest BCUT2D eigenvalue weighted by molar-refractivity contribution is 5.61. The van der Waals surface area contributed by atoms with Gasteiger partial charge in [0, 0.05) is 6.04 Å². The molecule has 3 rings (SSSR count). The summed E-state index contributed by atoms with van der Waals surface area (Å²) in [4.78, 5) is 0. The first kappa shape index (κ1) is 12.2. The van der Waals surface area contributed by atoms with Crippen molar-refractivity contribution in [1.29, 1.82) is 0 Å². The van der Waals surface area contributed by atoms with Gasteiger partial charge in [0.15, 0.2) is 0 Å². The third kappa shape index (κ3) is 2.35. The first-order valence-electron chi connectivity index (χ1n) is 6.89. The topological polar surface area (TPSA) is 42.7 Å². The molecule has 1 heterocycles. The number of nitrogens with zero attached hydrogens (tertiary/aromatic N) is 3. The van der Waals surface area contributed by atoms with Crippen LogP contribution in [0.5, 0.6) is 0 Å². The van der Waals surface area contributed by atoms with Gasteiger partial charge in [-0.05, 0) is 30.4 Å². The van der Waals surface area contributed by atoms with Gasteiger partial charge in [0.05, 0.1) is 23.8 Å². The summed E-state index contributed by atoms with van der Waals surface area (Å²) in [6, 6.07) is 8.80. The van der Waals surface area contributed by atoms with Crippen LogP contribution in [0.1, 0.15) is 33.1 Å². The molecule has 1 atom stereocenters. The standard InChI is InChI=1S/C15H20N4/c1-15(2)9-5-8-14(15)17-12-6-3-4-7-13(12)19-11-10-16-18-19/h3-4,6-7,10-11,14,17H,5,8-9H2,1-2H3. The minimum absolute atomic E-state index is 0.357. The highest BCUT2D eigenvalue weighted by Gasteiger charge is 2.34. The second-order valence-electron chi connectivity index (χ2n) is 5.94. The van der Waals surface area contributed by atoms with Crippen molar-refractivity contribution >= 4 is 5.69 Å². The van der Waals surface area contributed by atoms with Crippen molar-refractivity contribution in [2.24, 2.45) is 5.41 Å². The van der Waals surface area contributed by atoms with E-state index in [1.807, 2.05) is 16.9 Å². The van der Waals surface area contributed by atoms with E-state index >= 15 is 0 Å². The Morgan fingerprint density at radius 3 is 2.84 bits per heavy atom. The summed E-state index contributed by atoms with van der Waals surface area (Å²) in [6.07, 6.45) is 7.40. The molecule has 19 heavy (non-hydrogen) atoms. The number of hydrogen-bond acceptors (Lipinski definition) is 3. The van der Waals surface area contributed by atoms with Gasteiger partial charge in [-0.25, -0.2) is 4.68 Å². The number of para-hydroxylation sites is 2. The molecule has 1 aromatic carbocycles. The summed E-state index contributed by atoms with van der Waals surface area (Å²) in [7, 11) is 0. The van der Waals surface area contributed by atoms with Crippen LogP contribution in [0.2, 0.25) is 0 Å². The van der Waals surface area contributed by atoms with Crippen molar-refractivity contribution in [2.75, 3.05) is 5.32 Å². The van der Waals surface area contributed by atoms with Crippen LogP contribution in [0.4, 0.5) is 5.69 Å². The molecule has 4 nitrogen and oxygen atoms in total. The van der Waals surface area contributed by atoms with Gasteiger partial charge in [-0.15, -0.1) is 5.10 Å². The fraction of sp³-hybridized carbons (Fsp3) is 0.467. The minimum Gasteiger partial charge on any atom is -0.380 e. The van der Waals surface area contributed by atoms with Gasteiger partial charge in [-0.2, -0.15) is 0 Å². The predicted octanol–water partition coefficient (Wildman–Crippen LogP) is 3.26. The summed E-state index contributed by atoms with van der Waals surface area (Å²) in [5, 5.41) is 11.7. The number of hydrogen-bond donors (Lipinski definition) is 1. The maximum atomic E-state index is 4.08. The van der Waals surface area contributed by atoms with E-state index in [4.69, 9.17) is 0 Å². The Morgan fingerprint density at radius 1 is 1.32 bits per heavy atom. The Kier molecular flexibility index (Phi) is 3.01. The zero-order valence-electron chi connectivity index (χ0n) is 11.5. The Bertz CT molecular complexity index is 545. The van der Waals surface area contributed by atoms with E-state index in [1.54, 1.807) is 6.20 Å². The molecule has 2 aromatic rings. The SMILES string of the molecule is CC1(C)CCCC1Nc1ccccc1-n1ccnn1. The zero-order chi connectivity index (χ0) is 13.3. The van der Waals surface area contributed by atoms with Crippen LogP contribution < -0.4 is 5.32 Å². The largest absolute Gasteiger partial charge is 0.380 e. The lowest BCUT2D eigenvalue weighted by atomic mass is 9.87. The van der Waals surface area contributed by atoms with Crippen molar-refractivity contribution in [3.63, 3.8) is 0 Å². The molecule has 0 radical (unpaired) electrons. The summed E-state index contributed by atoms with van der Waals surface area (Å²) in [5.74, 6) is 0. The maximum Gasteiger partial charge on any atom is 0.0894 e. The predicted molar refractivity (Wildman–Crippen MR) is 76.4 cm³/mol. The third-order valence-electron chi connectivity index (χ3n) is 4.16. The fourth-order valence-electron chi connectivity index (χ4n) is 2.91. The lowest BCUT2D eigenvalue weighted by molar-refractivity contribution is 0.350. The zero-order valence-corrected chi connectivity index (χ0v) is 11.5. The number of anilines is 1. The van der Waals surface area contributed by atoms with Crippen LogP contribution in [0, 0.1) is 5.41 Å². The molecule has 1 aliphatic carbocycles. The average molecular weight is 256 g/mol. The van der Waals surface area contributed by atoms with E-state index in [0.717, 1.165) is 11.4 Å². The molecule has 1 aliphatic rings. The van der Waals surface area contributed by atoms with Gasteiger partial charge in [-0.1, -0.05) is 37.6 Å². The van der Waals surface area contributed by atoms with E-state index in [1.165, 1.54) is 19.3 Å². The first-order valence-corrected chi connectivity index (χ1v) is 6.89. The van der Waals surface area contributed by atoms with Crippen molar-refractivity contribution in [3.05, 3.63) is 36.7 Å². The Hall–Kier alpha value is -1.84. The number of nitrogens with one attached hydrogen (secondary N) is 1. The fourth-order valence-corrected chi connectivity index (χ4v) is 2.91. The number of benzene rings is 1. The number of rotatable bonds is 3. The number of aromatic nitrogens is 3. The van der Waals surface area contributed by atoms with Crippen LogP contribution in [0.25, 0.3) is 5.69 Å². The molecule has 1 aromatic heterocycles. The summed E-state index contributed by atoms with van der Waals surface area (Å²) < 4.78 is 1.81. The van der Waals surface area contributed by atoms with E-state index in [-0.39, 0.29) is 0 Å². The van der Waals surface area contributed by atoms with Crippen LogP contribution >= 0.6 is 0 Å². The smallest absolute Gasteiger partial charge is 0.0894 e. The van der Waals surface area contributed by atoms with Crippen molar-refractivity contribution in [2.45, 2.75) is 39.2 Å². The molecule has 1 fully saturated rings. The molecule has 0 aliphatic heterocycles. The monoisotopic (exact) mass is 256 g/mol. The molecule has 0 spiro atoms. The molecule has 100 valence electrons. The lowest BCUT2D eigenvalue weighted by Gasteiger charge is -2.29. The van der Waals surface area contributed by atoms with E-state index in [2.05, 4.69) is 47.7 Å². The molecular formula is C15H20N4. The highest BCUT2D eigenvalue weighted by Crippen LogP contribution is 2.39. The summed E-state index contributed by atoms with van der Waals surface area (Å²) in [6.45, 7) is 4.69. The van der Waals surface area contributed by atoms with Crippen molar-refractivity contribution < 1.29 is 0 Å². The quantitative estimate of drug-likeness (QED) is 0.916. The van der Waals surface area contributed by atoms with Gasteiger partial charge < -0.3 is 5.32 Å². The Balaban J connectivity index is 1.89. The van der Waals surface area contributed by atoms with E-state index in [0.29, 0.717) is 11.5 Å². The molecule has 0 saturated heterocycles. The molecule has 1 N–H and O–H groups in total. The van der Waals surface area contributed by atoms with E-state index < -0.39 is 0 Å². The lowest BCUT2D eigenvalue weighted by Crippen LogP contribution is -2.31. The minimum atomic E-state index is 0.357. The van der Waals surface area contributed by atoms with Crippen LogP contribution in [0.15, 0.2) is 36.7 Å². The molecule has 0 bridgehead atoms. The van der Waals surface area contributed by atoms with Gasteiger partial charge >= 0.3 is 0 Å². The maximum absolute atomic E-state index is 4.08. The summed E-state index contributed by atoms with van der Waals surface area (Å²) in [5.41, 5.74) is 2.55. The van der Waals surface area contributed by atoms with Crippen LogP contribution in [0.3, 0.4) is 0 Å². The molecule has 1 saturated carbocycles. The molecule has 1 unspecified atom stereocenters. The van der Waals surface area contributed by atoms with Crippen LogP contribution in [-0.4, -0.2) is 21.0 Å². The van der Waals surface area contributed by atoms with Gasteiger partial charge in [0.25, 0.3) is 0 Å². The molecule has 4 heteroatoms. The third-order valence-corrected chi connectivity index (χ3v) is 4.16. The van der Waals surface area contributed by atoms with Crippen molar-refractivity contribution in [1.82, 2.24) is 15.0 Å². The average Bonchev–Trinajstić information content (AvgIpc) is 3.01. The molecule has 0 amide bonds. The van der Waals surface area contributed by atoms with Gasteiger partial charge in [0.1, 0.15) is 0 Å². The Labute approximate surface area is 113 Å². The highest BCUT2D eigenvalue weighted by atomic mass is 15.4. The normalized spacial score (nSPS) is 21.5. The second-order valence-corrected chi connectivity index (χ2v) is 5.94. The summed E-state index contributed by atoms with van der Waals surface area (Å²) >= 11 is 0. The Morgan fingerprint density at radius 2 is 2.16 bits per heavy atom. The second kappa shape index (κ2) is 4.68. The van der Waals surface area contributed by atoms with Crippen LogP contribution in [-0.2, 0) is 0 Å².